The zero-order valence-corrected chi connectivity index (χ0v) is 19.2. The molecule has 0 spiro atoms. The van der Waals surface area contributed by atoms with Gasteiger partial charge in [-0.25, -0.2) is 9.59 Å². The van der Waals surface area contributed by atoms with Gasteiger partial charge in [-0.3, -0.25) is 9.59 Å². The van der Waals surface area contributed by atoms with E-state index in [2.05, 4.69) is 22.5 Å². The average molecular weight is 457 g/mol. The number of carbonyl (C=O) groups excluding carboxylic acids is 4. The van der Waals surface area contributed by atoms with Crippen LogP contribution in [0.15, 0.2) is 0 Å². The molecule has 0 aliphatic heterocycles. The summed E-state index contributed by atoms with van der Waals surface area (Å²) < 4.78 is 19.7. The molecule has 0 aromatic rings. The first kappa shape index (κ1) is 29.0. The Hall–Kier alpha value is -2.96. The highest BCUT2D eigenvalue weighted by molar-refractivity contribution is 5.78. The van der Waals surface area contributed by atoms with Crippen LogP contribution in [0.3, 0.4) is 0 Å². The van der Waals surface area contributed by atoms with Crippen molar-refractivity contribution in [2.24, 2.45) is 0 Å². The van der Waals surface area contributed by atoms with Crippen molar-refractivity contribution >= 4 is 24.1 Å². The molecule has 32 heavy (non-hydrogen) atoms. The number of amides is 2. The van der Waals surface area contributed by atoms with E-state index in [-0.39, 0.29) is 26.3 Å². The first-order valence-electron chi connectivity index (χ1n) is 11.1. The Morgan fingerprint density at radius 1 is 0.594 bits per heavy atom. The van der Waals surface area contributed by atoms with Crippen LogP contribution in [0.25, 0.3) is 0 Å². The normalized spacial score (nSPS) is 9.69. The third-order valence-corrected chi connectivity index (χ3v) is 3.76. The van der Waals surface area contributed by atoms with Crippen LogP contribution < -0.4 is 10.6 Å². The summed E-state index contributed by atoms with van der Waals surface area (Å²) in [6, 6.07) is 0. The maximum absolute atomic E-state index is 11.4. The molecule has 0 aromatic carbocycles. The SMILES string of the molecule is CCCCOC(=O)CNC(=O)OCCCC#CCCCOC(=O)NCC(=O)OCCCC. The van der Waals surface area contributed by atoms with Gasteiger partial charge in [0.1, 0.15) is 13.1 Å². The molecule has 0 aromatic heterocycles. The third kappa shape index (κ3) is 20.3. The predicted molar refractivity (Wildman–Crippen MR) is 117 cm³/mol. The van der Waals surface area contributed by atoms with E-state index in [1.165, 1.54) is 0 Å². The number of hydrogen-bond acceptors (Lipinski definition) is 8. The van der Waals surface area contributed by atoms with Gasteiger partial charge in [0, 0.05) is 12.8 Å². The second kappa shape index (κ2) is 21.3. The van der Waals surface area contributed by atoms with Crippen molar-refractivity contribution in [1.82, 2.24) is 10.6 Å². The molecule has 0 saturated heterocycles. The van der Waals surface area contributed by atoms with Crippen LogP contribution in [0.2, 0.25) is 0 Å². The molecule has 182 valence electrons. The number of carbonyl (C=O) groups is 4. The molecule has 10 nitrogen and oxygen atoms in total. The molecule has 10 heteroatoms. The number of ether oxygens (including phenoxy) is 4. The van der Waals surface area contributed by atoms with Crippen molar-refractivity contribution in [2.45, 2.75) is 65.2 Å². The molecule has 2 N–H and O–H groups in total. The molecule has 0 fully saturated rings. The smallest absolute Gasteiger partial charge is 0.407 e. The van der Waals surface area contributed by atoms with Crippen LogP contribution in [0.1, 0.15) is 65.2 Å². The first-order chi connectivity index (χ1) is 15.5. The molecule has 0 radical (unpaired) electrons. The maximum Gasteiger partial charge on any atom is 0.407 e. The minimum atomic E-state index is -0.671. The van der Waals surface area contributed by atoms with E-state index in [4.69, 9.17) is 18.9 Å². The first-order valence-corrected chi connectivity index (χ1v) is 11.1. The van der Waals surface area contributed by atoms with Gasteiger partial charge < -0.3 is 29.6 Å². The van der Waals surface area contributed by atoms with Crippen molar-refractivity contribution in [3.63, 3.8) is 0 Å². The lowest BCUT2D eigenvalue weighted by molar-refractivity contribution is -0.143. The summed E-state index contributed by atoms with van der Waals surface area (Å²) in [5.74, 6) is 4.89. The third-order valence-electron chi connectivity index (χ3n) is 3.76. The number of nitrogens with one attached hydrogen (secondary N) is 2. The van der Waals surface area contributed by atoms with Crippen LogP contribution in [0, 0.1) is 11.8 Å². The van der Waals surface area contributed by atoms with E-state index in [0.717, 1.165) is 25.7 Å². The molecule has 0 rings (SSSR count). The fourth-order valence-electron chi connectivity index (χ4n) is 1.98. The van der Waals surface area contributed by atoms with Gasteiger partial charge in [-0.15, -0.1) is 11.8 Å². The van der Waals surface area contributed by atoms with Gasteiger partial charge in [0.25, 0.3) is 0 Å². The van der Waals surface area contributed by atoms with Gasteiger partial charge in [0.15, 0.2) is 0 Å². The Balaban J connectivity index is 3.55. The summed E-state index contributed by atoms with van der Waals surface area (Å²) in [5, 5.41) is 4.65. The van der Waals surface area contributed by atoms with Gasteiger partial charge in [-0.05, 0) is 25.7 Å². The zero-order chi connectivity index (χ0) is 23.9. The van der Waals surface area contributed by atoms with E-state index >= 15 is 0 Å². The Kier molecular flexibility index (Phi) is 19.3. The van der Waals surface area contributed by atoms with Crippen LogP contribution in [0.4, 0.5) is 9.59 Å². The maximum atomic E-state index is 11.4. The fourth-order valence-corrected chi connectivity index (χ4v) is 1.98. The van der Waals surface area contributed by atoms with E-state index in [0.29, 0.717) is 38.9 Å². The highest BCUT2D eigenvalue weighted by atomic mass is 16.6. The number of unbranched alkanes of at least 4 members (excludes halogenated alkanes) is 4. The van der Waals surface area contributed by atoms with Crippen molar-refractivity contribution in [3.8, 4) is 11.8 Å². The minimum absolute atomic E-state index is 0.190. The molecule has 2 amide bonds. The van der Waals surface area contributed by atoms with Crippen LogP contribution >= 0.6 is 0 Å². The van der Waals surface area contributed by atoms with E-state index < -0.39 is 24.1 Å². The van der Waals surface area contributed by atoms with Crippen molar-refractivity contribution in [3.05, 3.63) is 0 Å². The summed E-state index contributed by atoms with van der Waals surface area (Å²) in [6.45, 7) is 4.62. The van der Waals surface area contributed by atoms with Crippen molar-refractivity contribution < 1.29 is 38.1 Å². The molecule has 0 bridgehead atoms. The predicted octanol–water partition coefficient (Wildman–Crippen LogP) is 2.69. The number of esters is 2. The largest absolute Gasteiger partial charge is 0.464 e. The topological polar surface area (TPSA) is 129 Å². The molecule has 0 saturated carbocycles. The van der Waals surface area contributed by atoms with Crippen molar-refractivity contribution in [2.75, 3.05) is 39.5 Å². The summed E-state index contributed by atoms with van der Waals surface area (Å²) in [4.78, 5) is 45.5. The number of rotatable bonds is 16. The summed E-state index contributed by atoms with van der Waals surface area (Å²) in [6.07, 6.45) is 4.31. The van der Waals surface area contributed by atoms with Crippen LogP contribution in [-0.2, 0) is 28.5 Å². The second-order valence-electron chi connectivity index (χ2n) is 6.69. The van der Waals surface area contributed by atoms with Gasteiger partial charge >= 0.3 is 24.1 Å². The molecular formula is C22H36N2O8. The molecular weight excluding hydrogens is 420 g/mol. The Morgan fingerprint density at radius 3 is 1.34 bits per heavy atom. The number of alkyl carbamates (subject to hydrolysis) is 2. The highest BCUT2D eigenvalue weighted by Crippen LogP contribution is 1.93. The van der Waals surface area contributed by atoms with Crippen molar-refractivity contribution in [1.29, 1.82) is 0 Å². The lowest BCUT2D eigenvalue weighted by atomic mass is 10.3. The van der Waals surface area contributed by atoms with Crippen LogP contribution in [-0.4, -0.2) is 63.6 Å². The van der Waals surface area contributed by atoms with Crippen LogP contribution in [0.5, 0.6) is 0 Å². The lowest BCUT2D eigenvalue weighted by Crippen LogP contribution is -2.31. The average Bonchev–Trinajstić information content (AvgIpc) is 2.77. The monoisotopic (exact) mass is 456 g/mol. The quantitative estimate of drug-likeness (QED) is 0.157. The van der Waals surface area contributed by atoms with Gasteiger partial charge in [0.05, 0.1) is 26.4 Å². The summed E-state index contributed by atoms with van der Waals surface area (Å²) in [7, 11) is 0. The minimum Gasteiger partial charge on any atom is -0.464 e. The van der Waals surface area contributed by atoms with E-state index in [9.17, 15) is 19.2 Å². The highest BCUT2D eigenvalue weighted by Gasteiger charge is 2.07. The Bertz CT molecular complexity index is 563. The molecule has 0 heterocycles. The molecule has 0 atom stereocenters. The number of hydrogen-bond donors (Lipinski definition) is 2. The molecule has 0 aliphatic rings. The van der Waals surface area contributed by atoms with Gasteiger partial charge in [-0.1, -0.05) is 26.7 Å². The fraction of sp³-hybridized carbons (Fsp3) is 0.727. The standard InChI is InChI=1S/C22H36N2O8/c1-3-5-13-29-19(25)17-23-21(27)31-15-11-9-7-8-10-12-16-32-22(28)24-18-20(26)30-14-6-4-2/h3-6,9-18H2,1-2H3,(H,23,27)(H,24,28). The molecule has 0 aliphatic carbocycles. The molecule has 0 unspecified atom stereocenters. The zero-order valence-electron chi connectivity index (χ0n) is 19.2. The second-order valence-corrected chi connectivity index (χ2v) is 6.69. The Labute approximate surface area is 190 Å². The lowest BCUT2D eigenvalue weighted by Gasteiger charge is -2.06. The van der Waals surface area contributed by atoms with E-state index in [1.54, 1.807) is 0 Å². The van der Waals surface area contributed by atoms with Gasteiger partial charge in [-0.2, -0.15) is 0 Å². The summed E-state index contributed by atoms with van der Waals surface area (Å²) >= 11 is 0. The summed E-state index contributed by atoms with van der Waals surface area (Å²) in [5.41, 5.74) is 0. The Morgan fingerprint density at radius 2 is 0.969 bits per heavy atom. The van der Waals surface area contributed by atoms with Gasteiger partial charge in [0.2, 0.25) is 0 Å². The van der Waals surface area contributed by atoms with E-state index in [1.807, 2.05) is 13.8 Å².